The Morgan fingerprint density at radius 1 is 0.275 bits per heavy atom. The van der Waals surface area contributed by atoms with E-state index in [1.807, 2.05) is 12.2 Å². The molecule has 0 bridgehead atoms. The maximum Gasteiger partial charge on any atom is 0.472 e. The highest BCUT2D eigenvalue weighted by Crippen LogP contribution is 2.45. The summed E-state index contributed by atoms with van der Waals surface area (Å²) in [5, 5.41) is 10.6. The number of carbonyl (C=O) groups excluding carboxylic acids is 4. The van der Waals surface area contributed by atoms with Gasteiger partial charge in [0, 0.05) is 25.7 Å². The predicted molar refractivity (Wildman–Crippen MR) is 418 cm³/mol. The van der Waals surface area contributed by atoms with Gasteiger partial charge in [0.1, 0.15) is 19.3 Å². The van der Waals surface area contributed by atoms with Crippen LogP contribution < -0.4 is 0 Å². The molecule has 0 fully saturated rings. The summed E-state index contributed by atoms with van der Waals surface area (Å²) >= 11 is 0. The average Bonchev–Trinajstić information content (AvgIpc) is 0.923. The number of aliphatic hydroxyl groups is 1. The number of hydrogen-bond acceptors (Lipinski definition) is 15. The summed E-state index contributed by atoms with van der Waals surface area (Å²) in [7, 11) is -9.97. The van der Waals surface area contributed by atoms with Gasteiger partial charge in [-0.3, -0.25) is 37.3 Å². The quantitative estimate of drug-likeness (QED) is 0.0169. The third-order valence-corrected chi connectivity index (χ3v) is 18.9. The van der Waals surface area contributed by atoms with E-state index in [4.69, 9.17) is 37.0 Å². The number of aliphatic hydroxyl groups excluding tert-OH is 1. The van der Waals surface area contributed by atoms with Crippen LogP contribution >= 0.6 is 15.6 Å². The first-order valence-electron chi connectivity index (χ1n) is 40.5. The maximum atomic E-state index is 13.1. The molecule has 590 valence electrons. The first kappa shape index (κ1) is 98.0. The minimum absolute atomic E-state index is 0.0786. The zero-order valence-corrected chi connectivity index (χ0v) is 66.3. The molecule has 19 heteroatoms. The van der Waals surface area contributed by atoms with E-state index in [0.717, 1.165) is 173 Å². The number of phosphoric ester groups is 2. The van der Waals surface area contributed by atoms with Gasteiger partial charge in [-0.05, 0) is 148 Å². The molecular weight excluding hydrogens is 1330 g/mol. The highest BCUT2D eigenvalue weighted by molar-refractivity contribution is 7.47. The molecule has 0 saturated heterocycles. The zero-order valence-electron chi connectivity index (χ0n) is 64.5. The molecule has 0 amide bonds. The standard InChI is InChI=1S/C83H146O17P2/c1-5-9-13-17-21-25-29-33-37-38-42-44-48-52-56-60-64-68-81(86)94-74-79(100-83(88)70-66-62-58-54-50-46-41-36-32-28-24-20-16-12-8-4)76-98-102(91,92)96-72-77(84)71-95-101(89,90)97-75-78(99-82(87)69-65-61-57-53-49-45-40-35-31-27-23-19-15-11-7-3)73-93-80(85)67-63-59-55-51-47-43-39-34-30-26-22-18-14-10-6-2/h21-22,25-28,31-34,37,39,42,44,52,56,77-79,84H,5-20,23-24,29-30,35-36,38,40-41,43,45-51,53-55,57-76H2,1-4H3,(H,89,90)(H,91,92)/b25-21-,26-22-,31-27-,32-28-,37-33-,39-34-,44-42-,56-52-/t77-,78+,79+/m0/s1. The smallest absolute Gasteiger partial charge is 0.462 e. The fraction of sp³-hybridized carbons (Fsp3) is 0.759. The molecule has 0 heterocycles. The molecule has 0 aromatic heterocycles. The summed E-state index contributed by atoms with van der Waals surface area (Å²) < 4.78 is 68.6. The van der Waals surface area contributed by atoms with Crippen molar-refractivity contribution in [2.45, 2.75) is 367 Å². The normalized spacial score (nSPS) is 14.4. The van der Waals surface area contributed by atoms with E-state index in [2.05, 4.69) is 113 Å². The number of unbranched alkanes of at least 4 members (excludes halogenated alkanes) is 34. The fourth-order valence-electron chi connectivity index (χ4n) is 10.8. The first-order valence-corrected chi connectivity index (χ1v) is 43.5. The van der Waals surface area contributed by atoms with Gasteiger partial charge < -0.3 is 33.8 Å². The highest BCUT2D eigenvalue weighted by Gasteiger charge is 2.30. The summed E-state index contributed by atoms with van der Waals surface area (Å²) in [6, 6.07) is 0. The first-order chi connectivity index (χ1) is 49.7. The van der Waals surface area contributed by atoms with Crippen molar-refractivity contribution >= 4 is 39.5 Å². The topological polar surface area (TPSA) is 237 Å². The Labute approximate surface area is 620 Å². The van der Waals surface area contributed by atoms with Crippen LogP contribution in [0.5, 0.6) is 0 Å². The Kier molecular flexibility index (Phi) is 72.3. The molecule has 3 N–H and O–H groups in total. The average molecular weight is 1480 g/mol. The molecule has 0 aromatic carbocycles. The lowest BCUT2D eigenvalue weighted by molar-refractivity contribution is -0.161. The van der Waals surface area contributed by atoms with Gasteiger partial charge >= 0.3 is 39.5 Å². The number of phosphoric acid groups is 2. The summed E-state index contributed by atoms with van der Waals surface area (Å²) in [5.74, 6) is -2.25. The third kappa shape index (κ3) is 74.3. The molecule has 5 atom stereocenters. The van der Waals surface area contributed by atoms with E-state index < -0.39 is 97.5 Å². The van der Waals surface area contributed by atoms with Crippen molar-refractivity contribution < 1.29 is 80.2 Å². The van der Waals surface area contributed by atoms with Gasteiger partial charge in [-0.25, -0.2) is 9.13 Å². The van der Waals surface area contributed by atoms with E-state index in [0.29, 0.717) is 32.1 Å². The minimum Gasteiger partial charge on any atom is -0.462 e. The SMILES string of the molecule is CCCCC/C=C\C/C=C\C/C=C\C/C=C\CCCC(=O)OC[C@H](COP(=O)(O)OC[C@@H](O)COP(=O)(O)OC[C@@H](COC(=O)CCCCCCC/C=C\C/C=C\CCCCC)OC(=O)CCCCCCCCC/C=C\CCCCCC)OC(=O)CCCCCCCCC/C=C\CCCCCC. The second-order valence-electron chi connectivity index (χ2n) is 27.0. The minimum atomic E-state index is -4.99. The van der Waals surface area contributed by atoms with Gasteiger partial charge in [0.2, 0.25) is 0 Å². The van der Waals surface area contributed by atoms with Gasteiger partial charge in [0.25, 0.3) is 0 Å². The number of carbonyl (C=O) groups is 4. The summed E-state index contributed by atoms with van der Waals surface area (Å²) in [5.41, 5.74) is 0. The monoisotopic (exact) mass is 1480 g/mol. The van der Waals surface area contributed by atoms with Crippen LogP contribution in [-0.4, -0.2) is 96.7 Å². The molecule has 17 nitrogen and oxygen atoms in total. The van der Waals surface area contributed by atoms with Gasteiger partial charge in [0.15, 0.2) is 12.2 Å². The second kappa shape index (κ2) is 75.2. The third-order valence-electron chi connectivity index (χ3n) is 17.0. The van der Waals surface area contributed by atoms with Gasteiger partial charge in [0.05, 0.1) is 26.4 Å². The molecule has 0 saturated carbocycles. The Morgan fingerprint density at radius 2 is 0.490 bits per heavy atom. The Hall–Kier alpha value is -4.02. The van der Waals surface area contributed by atoms with E-state index >= 15 is 0 Å². The zero-order chi connectivity index (χ0) is 74.6. The lowest BCUT2D eigenvalue weighted by Crippen LogP contribution is -2.30. The van der Waals surface area contributed by atoms with E-state index in [9.17, 15) is 43.2 Å². The van der Waals surface area contributed by atoms with Crippen LogP contribution in [0.15, 0.2) is 97.2 Å². The Morgan fingerprint density at radius 3 is 0.804 bits per heavy atom. The summed E-state index contributed by atoms with van der Waals surface area (Å²) in [6.07, 6.45) is 79.5. The van der Waals surface area contributed by atoms with Crippen LogP contribution in [0.2, 0.25) is 0 Å². The highest BCUT2D eigenvalue weighted by atomic mass is 31.2. The Bertz CT molecular complexity index is 2310. The Balaban J connectivity index is 5.41. The largest absolute Gasteiger partial charge is 0.472 e. The number of esters is 4. The molecule has 0 spiro atoms. The number of ether oxygens (including phenoxy) is 4. The number of allylic oxidation sites excluding steroid dienone is 16. The van der Waals surface area contributed by atoms with Gasteiger partial charge in [-0.2, -0.15) is 0 Å². The van der Waals surface area contributed by atoms with Crippen molar-refractivity contribution in [2.24, 2.45) is 0 Å². The number of hydrogen-bond donors (Lipinski definition) is 3. The van der Waals surface area contributed by atoms with Crippen LogP contribution in [-0.2, 0) is 65.4 Å². The van der Waals surface area contributed by atoms with Crippen LogP contribution in [0.3, 0.4) is 0 Å². The van der Waals surface area contributed by atoms with Crippen molar-refractivity contribution in [1.29, 1.82) is 0 Å². The van der Waals surface area contributed by atoms with Gasteiger partial charge in [-0.1, -0.05) is 273 Å². The summed E-state index contributed by atoms with van der Waals surface area (Å²) in [6.45, 7) is 4.75. The van der Waals surface area contributed by atoms with Crippen molar-refractivity contribution in [1.82, 2.24) is 0 Å². The van der Waals surface area contributed by atoms with Crippen molar-refractivity contribution in [3.63, 3.8) is 0 Å². The van der Waals surface area contributed by atoms with Crippen LogP contribution in [0.25, 0.3) is 0 Å². The van der Waals surface area contributed by atoms with Crippen LogP contribution in [0, 0.1) is 0 Å². The van der Waals surface area contributed by atoms with Crippen LogP contribution in [0.1, 0.15) is 349 Å². The number of rotatable bonds is 76. The molecule has 2 unspecified atom stereocenters. The lowest BCUT2D eigenvalue weighted by atomic mass is 10.1. The molecule has 0 aliphatic rings. The van der Waals surface area contributed by atoms with Crippen LogP contribution in [0.4, 0.5) is 0 Å². The molecule has 0 rings (SSSR count). The van der Waals surface area contributed by atoms with Crippen molar-refractivity contribution in [3.8, 4) is 0 Å². The van der Waals surface area contributed by atoms with Crippen molar-refractivity contribution in [2.75, 3.05) is 39.6 Å². The van der Waals surface area contributed by atoms with E-state index in [1.165, 1.54) is 89.9 Å². The van der Waals surface area contributed by atoms with Gasteiger partial charge in [-0.15, -0.1) is 0 Å². The van der Waals surface area contributed by atoms with Crippen molar-refractivity contribution in [3.05, 3.63) is 97.2 Å². The molecule has 0 aromatic rings. The predicted octanol–water partition coefficient (Wildman–Crippen LogP) is 23.6. The molecule has 102 heavy (non-hydrogen) atoms. The van der Waals surface area contributed by atoms with E-state index in [1.54, 1.807) is 0 Å². The molecule has 0 radical (unpaired) electrons. The lowest BCUT2D eigenvalue weighted by Gasteiger charge is -2.21. The molecule has 0 aliphatic carbocycles. The second-order valence-corrected chi connectivity index (χ2v) is 29.9. The summed E-state index contributed by atoms with van der Waals surface area (Å²) in [4.78, 5) is 73.0. The molecule has 0 aliphatic heterocycles. The fourth-order valence-corrected chi connectivity index (χ4v) is 12.3. The van der Waals surface area contributed by atoms with E-state index in [-0.39, 0.29) is 25.7 Å². The molecular formula is C83H146O17P2. The maximum absolute atomic E-state index is 13.1.